The third-order valence-corrected chi connectivity index (χ3v) is 26.1. The van der Waals surface area contributed by atoms with Crippen LogP contribution < -0.4 is 0 Å². The van der Waals surface area contributed by atoms with Gasteiger partial charge >= 0.3 is 0 Å². The Morgan fingerprint density at radius 2 is 0.362 bits per heavy atom. The number of benzene rings is 22. The average Bonchev–Trinajstić information content (AvgIpc) is 1.72. The van der Waals surface area contributed by atoms with Crippen molar-refractivity contribution < 1.29 is 8.83 Å². The van der Waals surface area contributed by atoms with Crippen LogP contribution in [-0.4, -0.2) is 19.9 Å². The van der Waals surface area contributed by atoms with E-state index in [1.54, 1.807) is 0 Å². The highest BCUT2D eigenvalue weighted by Gasteiger charge is 2.24. The van der Waals surface area contributed by atoms with Gasteiger partial charge in [0.2, 0.25) is 0 Å². The van der Waals surface area contributed by atoms with Crippen LogP contribution in [0.15, 0.2) is 470 Å². The van der Waals surface area contributed by atoms with Crippen molar-refractivity contribution in [3.05, 3.63) is 461 Å². The van der Waals surface area contributed by atoms with Gasteiger partial charge in [-0.3, -0.25) is 0 Å². The van der Waals surface area contributed by atoms with E-state index < -0.39 is 0 Å². The molecule has 0 fully saturated rings. The summed E-state index contributed by atoms with van der Waals surface area (Å²) in [5.41, 5.74) is 26.9. The first-order valence-corrected chi connectivity index (χ1v) is 44.3. The molecule has 0 aliphatic carbocycles. The molecule has 6 heteroatoms. The Labute approximate surface area is 749 Å². The maximum Gasteiger partial charge on any atom is 0.160 e. The van der Waals surface area contributed by atoms with E-state index in [4.69, 9.17) is 28.8 Å². The van der Waals surface area contributed by atoms with Gasteiger partial charge in [-0.1, -0.05) is 413 Å². The van der Waals surface area contributed by atoms with Crippen LogP contribution in [0.4, 0.5) is 0 Å². The topological polar surface area (TPSA) is 77.8 Å². The second kappa shape index (κ2) is 31.4. The average molecular weight is 1650 g/mol. The Hall–Kier alpha value is -17.3. The monoisotopic (exact) mass is 1650 g/mol. The Bertz CT molecular complexity index is 8830. The molecule has 0 aliphatic rings. The van der Waals surface area contributed by atoms with E-state index in [-0.39, 0.29) is 0 Å². The number of nitrogens with zero attached hydrogens (tertiary/aromatic N) is 4. The Balaban J connectivity index is 0.000000140. The zero-order valence-corrected chi connectivity index (χ0v) is 70.5. The number of rotatable bonds is 12. The van der Waals surface area contributed by atoms with E-state index in [2.05, 4.69) is 388 Å². The molecule has 26 rings (SSSR count). The second-order valence-corrected chi connectivity index (χ2v) is 33.7. The van der Waals surface area contributed by atoms with Crippen LogP contribution in [0.5, 0.6) is 0 Å². The molecule has 0 aliphatic heterocycles. The highest BCUT2D eigenvalue weighted by molar-refractivity contribution is 6.29. The van der Waals surface area contributed by atoms with Gasteiger partial charge in [0.15, 0.2) is 11.6 Å². The molecular formula is C124H76N4O2. The number of fused-ring (bicyclic) bond motifs is 22. The first-order valence-electron chi connectivity index (χ1n) is 44.3. The molecule has 0 bridgehead atoms. The number of para-hydroxylation sites is 2. The first-order chi connectivity index (χ1) is 64.4. The molecule has 0 unspecified atom stereocenters. The summed E-state index contributed by atoms with van der Waals surface area (Å²) in [5.74, 6) is 1.41. The molecule has 0 N–H and O–H groups in total. The summed E-state index contributed by atoms with van der Waals surface area (Å²) in [6.07, 6.45) is 0. The number of hydrogen-bond donors (Lipinski definition) is 0. The maximum absolute atomic E-state index is 7.02. The van der Waals surface area contributed by atoms with Gasteiger partial charge < -0.3 is 8.83 Å². The van der Waals surface area contributed by atoms with Crippen molar-refractivity contribution in [3.8, 4) is 135 Å². The van der Waals surface area contributed by atoms with Crippen LogP contribution >= 0.6 is 0 Å². The van der Waals surface area contributed by atoms with Crippen molar-refractivity contribution in [2.75, 3.05) is 0 Å². The number of furan rings is 2. The normalized spacial score (nSPS) is 11.7. The summed E-state index contributed by atoms with van der Waals surface area (Å²) in [4.78, 5) is 20.1. The van der Waals surface area contributed by atoms with Crippen molar-refractivity contribution in [1.82, 2.24) is 19.9 Å². The first kappa shape index (κ1) is 75.2. The lowest BCUT2D eigenvalue weighted by atomic mass is 9.90. The van der Waals surface area contributed by atoms with Crippen molar-refractivity contribution in [2.24, 2.45) is 0 Å². The minimum atomic E-state index is 0.702. The van der Waals surface area contributed by atoms with Gasteiger partial charge in [-0.05, 0) is 180 Å². The fourth-order valence-corrected chi connectivity index (χ4v) is 19.9. The van der Waals surface area contributed by atoms with Crippen LogP contribution in [0.3, 0.4) is 0 Å². The molecule has 6 nitrogen and oxygen atoms in total. The van der Waals surface area contributed by atoms with Crippen molar-refractivity contribution in [2.45, 2.75) is 0 Å². The van der Waals surface area contributed by atoms with Crippen LogP contribution in [-0.2, 0) is 0 Å². The molecule has 0 atom stereocenters. The fourth-order valence-electron chi connectivity index (χ4n) is 19.9. The third kappa shape index (κ3) is 13.1. The maximum atomic E-state index is 7.02. The molecule has 4 aromatic heterocycles. The predicted molar refractivity (Wildman–Crippen MR) is 544 cm³/mol. The molecule has 22 aromatic carbocycles. The van der Waals surface area contributed by atoms with Gasteiger partial charge in [0, 0.05) is 76.8 Å². The van der Waals surface area contributed by atoms with E-state index in [1.165, 1.54) is 97.7 Å². The Morgan fingerprint density at radius 1 is 0.115 bits per heavy atom. The molecular weight excluding hydrogens is 1580 g/mol. The van der Waals surface area contributed by atoms with E-state index in [9.17, 15) is 0 Å². The quantitative estimate of drug-likeness (QED) is 0.113. The minimum absolute atomic E-state index is 0.702. The zero-order valence-electron chi connectivity index (χ0n) is 70.5. The Morgan fingerprint density at radius 3 is 0.762 bits per heavy atom. The van der Waals surface area contributed by atoms with Crippen LogP contribution in [0.25, 0.3) is 265 Å². The largest absolute Gasteiger partial charge is 0.455 e. The Kier molecular flexibility index (Phi) is 18.2. The lowest BCUT2D eigenvalue weighted by Gasteiger charge is -2.13. The van der Waals surface area contributed by atoms with Crippen LogP contribution in [0.2, 0.25) is 0 Å². The molecule has 0 spiro atoms. The summed E-state index contributed by atoms with van der Waals surface area (Å²) in [6, 6.07) is 164. The second-order valence-electron chi connectivity index (χ2n) is 33.7. The van der Waals surface area contributed by atoms with Crippen molar-refractivity contribution in [3.63, 3.8) is 0 Å². The van der Waals surface area contributed by atoms with E-state index in [1.807, 2.05) is 72.8 Å². The SMILES string of the molecule is c1ccc(-c2cc(-c3ccc(-c4ccc(-c5cccc6c5oc5c7ccccc7c(-c7ccc8c9ccccc9c9ccccc9c8c7)cc65)cc4)cc3)nc(-c3ccccc3)n2)cc1.c1ccc(-c2cc(-c3cccc(-c4cccc(-c5cccc6c5oc5c7ccccc7c(-c7ccc8c9ccccc9c9ccccc9c8c7)cc65)c4)c3)nc(-c3ccccc3)n2)cc1. The van der Waals surface area contributed by atoms with E-state index >= 15 is 0 Å². The minimum Gasteiger partial charge on any atom is -0.455 e. The molecule has 0 saturated heterocycles. The molecule has 130 heavy (non-hydrogen) atoms. The molecule has 4 heterocycles. The van der Waals surface area contributed by atoms with Gasteiger partial charge in [0.1, 0.15) is 22.3 Å². The van der Waals surface area contributed by atoms with E-state index in [0.29, 0.717) is 11.6 Å². The van der Waals surface area contributed by atoms with Crippen LogP contribution in [0, 0.1) is 0 Å². The lowest BCUT2D eigenvalue weighted by molar-refractivity contribution is 0.673. The smallest absolute Gasteiger partial charge is 0.160 e. The van der Waals surface area contributed by atoms with Gasteiger partial charge in [-0.25, -0.2) is 19.9 Å². The molecule has 0 saturated carbocycles. The van der Waals surface area contributed by atoms with Gasteiger partial charge in [0.25, 0.3) is 0 Å². The van der Waals surface area contributed by atoms with Crippen LogP contribution in [0.1, 0.15) is 0 Å². The van der Waals surface area contributed by atoms with Gasteiger partial charge in [-0.2, -0.15) is 0 Å². The predicted octanol–water partition coefficient (Wildman–Crippen LogP) is 34.0. The zero-order chi connectivity index (χ0) is 85.7. The standard InChI is InChI=1S/2C62H38N2O/c1-3-16-39(17-4-1)58-38-59(64-62(63-58)40-18-5-2-6-19-40)45-23-14-21-42(35-45)41-20-13-22-43(34-41)46-30-15-31-54-57-37-55(51-28-11-12-29-53(51)61(57)65-60(46)54)44-32-33-52-49-26-8-7-24-47(49)48-25-9-10-27-50(48)56(52)36-44;1-3-14-42(15-4-1)58-38-59(64-62(63-58)44-16-5-2-6-17-44)43-32-28-40(29-33-43)39-26-30-41(31-27-39)46-24-13-25-54-57-37-55(51-22-11-12-23-53(51)61(57)65-60(46)54)45-34-35-52-49-20-8-7-18-47(49)48-19-9-10-21-50(48)56(52)36-45/h2*1-38H. The van der Waals surface area contributed by atoms with Gasteiger partial charge in [-0.15, -0.1) is 0 Å². The summed E-state index contributed by atoms with van der Waals surface area (Å²) >= 11 is 0. The molecule has 604 valence electrons. The van der Waals surface area contributed by atoms with Crippen molar-refractivity contribution in [1.29, 1.82) is 0 Å². The molecule has 26 aromatic rings. The summed E-state index contributed by atoms with van der Waals surface area (Å²) in [6.45, 7) is 0. The number of aromatic nitrogens is 4. The molecule has 0 amide bonds. The molecule has 0 radical (unpaired) electrons. The van der Waals surface area contributed by atoms with Crippen molar-refractivity contribution >= 4 is 130 Å². The highest BCUT2D eigenvalue weighted by atomic mass is 16.3. The third-order valence-electron chi connectivity index (χ3n) is 26.1. The highest BCUT2D eigenvalue weighted by Crippen LogP contribution is 2.49. The summed E-state index contributed by atoms with van der Waals surface area (Å²) in [5, 5.41) is 24.3. The lowest BCUT2D eigenvalue weighted by Crippen LogP contribution is -1.96. The summed E-state index contributed by atoms with van der Waals surface area (Å²) in [7, 11) is 0. The summed E-state index contributed by atoms with van der Waals surface area (Å²) < 4.78 is 14.0. The number of hydrogen-bond acceptors (Lipinski definition) is 6. The van der Waals surface area contributed by atoms with E-state index in [0.717, 1.165) is 155 Å². The fraction of sp³-hybridized carbons (Fsp3) is 0. The van der Waals surface area contributed by atoms with Gasteiger partial charge in [0.05, 0.1) is 22.8 Å².